The third-order valence-corrected chi connectivity index (χ3v) is 5.33. The van der Waals surface area contributed by atoms with Gasteiger partial charge in [0.1, 0.15) is 17.2 Å². The van der Waals surface area contributed by atoms with Crippen molar-refractivity contribution in [1.82, 2.24) is 0 Å². The lowest BCUT2D eigenvalue weighted by Gasteiger charge is -2.16. The summed E-state index contributed by atoms with van der Waals surface area (Å²) in [5.74, 6) is -0.665. The summed E-state index contributed by atoms with van der Waals surface area (Å²) >= 11 is 1.03. The van der Waals surface area contributed by atoms with Crippen LogP contribution in [0.15, 0.2) is 65.2 Å². The lowest BCUT2D eigenvalue weighted by atomic mass is 10.2. The predicted molar refractivity (Wildman–Crippen MR) is 108 cm³/mol. The molecule has 0 unspecified atom stereocenters. The molecule has 0 bridgehead atoms. The molecule has 1 aliphatic heterocycles. The lowest BCUT2D eigenvalue weighted by Crippen LogP contribution is -2.31. The van der Waals surface area contributed by atoms with Crippen molar-refractivity contribution in [1.29, 1.82) is 10.5 Å². The van der Waals surface area contributed by atoms with Gasteiger partial charge in [-0.2, -0.15) is 10.5 Å². The molecule has 1 aliphatic rings. The third-order valence-electron chi connectivity index (χ3n) is 4.14. The average Bonchev–Trinajstić information content (AvgIpc) is 2.97. The highest BCUT2D eigenvalue weighted by atomic mass is 32.2. The quantitative estimate of drug-likeness (QED) is 0.619. The summed E-state index contributed by atoms with van der Waals surface area (Å²) in [5, 5.41) is 21.1. The van der Waals surface area contributed by atoms with Crippen LogP contribution in [0.3, 0.4) is 0 Å². The zero-order valence-corrected chi connectivity index (χ0v) is 15.9. The fourth-order valence-electron chi connectivity index (χ4n) is 2.73. The molecule has 0 aromatic heterocycles. The molecule has 138 valence electrons. The van der Waals surface area contributed by atoms with Gasteiger partial charge in [0.05, 0.1) is 10.9 Å². The van der Waals surface area contributed by atoms with Crippen molar-refractivity contribution in [2.24, 2.45) is 0 Å². The fourth-order valence-corrected chi connectivity index (χ4v) is 3.84. The van der Waals surface area contributed by atoms with E-state index < -0.39 is 5.25 Å². The van der Waals surface area contributed by atoms with Gasteiger partial charge in [0.2, 0.25) is 11.8 Å². The number of carbonyl (C=O) groups excluding carboxylic acids is 2. The van der Waals surface area contributed by atoms with Crippen molar-refractivity contribution in [3.05, 3.63) is 70.8 Å². The Balaban J connectivity index is 1.85. The smallest absolute Gasteiger partial charge is 0.247 e. The standard InChI is InChI=1S/C21H16N4O2S/c1-14-7-9-17(10-8-14)25-19(26)11-18(21(25)27)28-20(15(12-22)13-23)24-16-5-3-2-4-6-16/h2-10,18,24H,11H2,1H3/t18-/m0/s1. The van der Waals surface area contributed by atoms with E-state index in [1.165, 1.54) is 0 Å². The molecule has 0 saturated carbocycles. The molecule has 2 aromatic carbocycles. The highest BCUT2D eigenvalue weighted by molar-refractivity contribution is 8.04. The minimum absolute atomic E-state index is 0.00147. The highest BCUT2D eigenvalue weighted by Gasteiger charge is 2.40. The zero-order chi connectivity index (χ0) is 20.1. The predicted octanol–water partition coefficient (Wildman–Crippen LogP) is 3.73. The molecule has 3 rings (SSSR count). The van der Waals surface area contributed by atoms with Gasteiger partial charge in [-0.15, -0.1) is 0 Å². The van der Waals surface area contributed by atoms with Crippen molar-refractivity contribution in [3.63, 3.8) is 0 Å². The second-order valence-electron chi connectivity index (χ2n) is 6.13. The molecule has 2 amide bonds. The molecule has 2 aromatic rings. The maximum atomic E-state index is 12.9. The van der Waals surface area contributed by atoms with E-state index in [2.05, 4.69) is 5.32 Å². The zero-order valence-electron chi connectivity index (χ0n) is 15.0. The van der Waals surface area contributed by atoms with Crippen LogP contribution in [0.1, 0.15) is 12.0 Å². The Labute approximate surface area is 167 Å². The van der Waals surface area contributed by atoms with Crippen LogP contribution < -0.4 is 10.2 Å². The Morgan fingerprint density at radius 2 is 1.71 bits per heavy atom. The maximum Gasteiger partial charge on any atom is 0.247 e. The Morgan fingerprint density at radius 1 is 1.07 bits per heavy atom. The van der Waals surface area contributed by atoms with Gasteiger partial charge in [-0.05, 0) is 31.2 Å². The van der Waals surface area contributed by atoms with Crippen molar-refractivity contribution in [2.45, 2.75) is 18.6 Å². The number of hydrogen-bond donors (Lipinski definition) is 1. The summed E-state index contributed by atoms with van der Waals surface area (Å²) in [6.45, 7) is 1.92. The summed E-state index contributed by atoms with van der Waals surface area (Å²) in [7, 11) is 0. The van der Waals surface area contributed by atoms with Gasteiger partial charge < -0.3 is 5.32 Å². The summed E-state index contributed by atoms with van der Waals surface area (Å²) in [5.41, 5.74) is 2.09. The van der Waals surface area contributed by atoms with E-state index >= 15 is 0 Å². The Bertz CT molecular complexity index is 1000. The van der Waals surface area contributed by atoms with E-state index in [0.717, 1.165) is 22.2 Å². The normalized spacial score (nSPS) is 15.7. The molecule has 6 nitrogen and oxygen atoms in total. The number of imide groups is 1. The largest absolute Gasteiger partial charge is 0.349 e. The molecule has 0 spiro atoms. The van der Waals surface area contributed by atoms with E-state index in [1.807, 2.05) is 49.4 Å². The first-order chi connectivity index (χ1) is 13.5. The van der Waals surface area contributed by atoms with Crippen LogP contribution in [0.25, 0.3) is 0 Å². The number of amides is 2. The lowest BCUT2D eigenvalue weighted by molar-refractivity contribution is -0.121. The van der Waals surface area contributed by atoms with Crippen LogP contribution in [-0.4, -0.2) is 17.1 Å². The first kappa shape index (κ1) is 19.2. The van der Waals surface area contributed by atoms with Gasteiger partial charge in [0, 0.05) is 12.1 Å². The van der Waals surface area contributed by atoms with Crippen molar-refractivity contribution in [2.75, 3.05) is 10.2 Å². The van der Waals surface area contributed by atoms with Crippen LogP contribution >= 0.6 is 11.8 Å². The molecule has 0 aliphatic carbocycles. The van der Waals surface area contributed by atoms with Crippen LogP contribution in [0, 0.1) is 29.6 Å². The summed E-state index contributed by atoms with van der Waals surface area (Å²) in [6, 6.07) is 19.9. The monoisotopic (exact) mass is 388 g/mol. The van der Waals surface area contributed by atoms with Gasteiger partial charge in [0.25, 0.3) is 0 Å². The van der Waals surface area contributed by atoms with Gasteiger partial charge in [-0.3, -0.25) is 9.59 Å². The molecular formula is C21H16N4O2S. The molecule has 1 heterocycles. The summed E-state index contributed by atoms with van der Waals surface area (Å²) in [6.07, 6.45) is 0.00147. The first-order valence-corrected chi connectivity index (χ1v) is 9.38. The molecule has 1 atom stereocenters. The number of rotatable bonds is 5. The van der Waals surface area contributed by atoms with Crippen molar-refractivity contribution >= 4 is 35.0 Å². The number of nitrogens with zero attached hydrogens (tertiary/aromatic N) is 3. The van der Waals surface area contributed by atoms with E-state index in [1.54, 1.807) is 24.3 Å². The number of allylic oxidation sites excluding steroid dienone is 1. The fraction of sp³-hybridized carbons (Fsp3) is 0.143. The van der Waals surface area contributed by atoms with E-state index in [-0.39, 0.29) is 28.8 Å². The van der Waals surface area contributed by atoms with Gasteiger partial charge in [0.15, 0.2) is 5.57 Å². The summed E-state index contributed by atoms with van der Waals surface area (Å²) < 4.78 is 0. The Morgan fingerprint density at radius 3 is 2.32 bits per heavy atom. The van der Waals surface area contributed by atoms with Crippen LogP contribution in [0.2, 0.25) is 0 Å². The number of aryl methyl sites for hydroxylation is 1. The number of thioether (sulfide) groups is 1. The van der Waals surface area contributed by atoms with E-state index in [9.17, 15) is 20.1 Å². The van der Waals surface area contributed by atoms with E-state index in [4.69, 9.17) is 0 Å². The molecule has 1 fully saturated rings. The number of nitriles is 2. The topological polar surface area (TPSA) is 97.0 Å². The Hall–Kier alpha value is -3.55. The molecule has 0 radical (unpaired) electrons. The molecular weight excluding hydrogens is 372 g/mol. The SMILES string of the molecule is Cc1ccc(N2C(=O)C[C@H](SC(Nc3ccccc3)=C(C#N)C#N)C2=O)cc1. The number of anilines is 2. The minimum atomic E-state index is -0.711. The van der Waals surface area contributed by atoms with Gasteiger partial charge >= 0.3 is 0 Å². The van der Waals surface area contributed by atoms with Crippen LogP contribution in [0.5, 0.6) is 0 Å². The third kappa shape index (κ3) is 4.06. The molecule has 7 heteroatoms. The van der Waals surface area contributed by atoms with Crippen LogP contribution in [-0.2, 0) is 9.59 Å². The van der Waals surface area contributed by atoms with Crippen LogP contribution in [0.4, 0.5) is 11.4 Å². The number of carbonyl (C=O) groups is 2. The summed E-state index contributed by atoms with van der Waals surface area (Å²) in [4.78, 5) is 26.5. The molecule has 28 heavy (non-hydrogen) atoms. The number of hydrogen-bond acceptors (Lipinski definition) is 6. The van der Waals surface area contributed by atoms with Crippen molar-refractivity contribution in [3.8, 4) is 12.1 Å². The van der Waals surface area contributed by atoms with Gasteiger partial charge in [-0.1, -0.05) is 47.7 Å². The second-order valence-corrected chi connectivity index (χ2v) is 7.35. The highest BCUT2D eigenvalue weighted by Crippen LogP contribution is 2.35. The number of nitrogens with one attached hydrogen (secondary N) is 1. The molecule has 1 saturated heterocycles. The van der Waals surface area contributed by atoms with Gasteiger partial charge in [-0.25, -0.2) is 4.90 Å². The average molecular weight is 388 g/mol. The Kier molecular flexibility index (Phi) is 5.78. The first-order valence-electron chi connectivity index (χ1n) is 8.50. The molecule has 1 N–H and O–H groups in total. The minimum Gasteiger partial charge on any atom is -0.349 e. The number of benzene rings is 2. The van der Waals surface area contributed by atoms with Crippen molar-refractivity contribution < 1.29 is 9.59 Å². The second kappa shape index (κ2) is 8.43. The number of para-hydroxylation sites is 1. The maximum absolute atomic E-state index is 12.9. The van der Waals surface area contributed by atoms with E-state index in [0.29, 0.717) is 11.4 Å².